The zero-order chi connectivity index (χ0) is 14.1. The Kier molecular flexibility index (Phi) is 6.57. The molecule has 0 heterocycles. The van der Waals surface area contributed by atoms with Crippen molar-refractivity contribution in [2.75, 3.05) is 0 Å². The number of carbonyl (C=O) groups is 3. The van der Waals surface area contributed by atoms with Crippen molar-refractivity contribution >= 4 is 17.9 Å². The summed E-state index contributed by atoms with van der Waals surface area (Å²) in [5.74, 6) is -3.06. The summed E-state index contributed by atoms with van der Waals surface area (Å²) >= 11 is 0. The number of aromatic carboxylic acids is 1. The summed E-state index contributed by atoms with van der Waals surface area (Å²) in [6.07, 6.45) is -0.593. The highest BCUT2D eigenvalue weighted by Gasteiger charge is 2.00. The molecule has 0 aromatic heterocycles. The maximum atomic E-state index is 10.2. The van der Waals surface area contributed by atoms with Gasteiger partial charge in [0.15, 0.2) is 0 Å². The number of carboxylic acids is 3. The van der Waals surface area contributed by atoms with Gasteiger partial charge in [0.25, 0.3) is 0 Å². The van der Waals surface area contributed by atoms with E-state index in [1.165, 1.54) is 24.3 Å². The average Bonchev–Trinajstić information content (AvgIpc) is 2.28. The third kappa shape index (κ3) is 7.69. The minimum atomic E-state index is -1.08. The van der Waals surface area contributed by atoms with Crippen molar-refractivity contribution in [2.24, 2.45) is 0 Å². The monoisotopic (exact) mass is 256 g/mol. The molecule has 0 unspecified atom stereocenters. The van der Waals surface area contributed by atoms with Crippen LogP contribution in [0.4, 0.5) is 0 Å². The number of aliphatic carboxylic acids is 2. The van der Waals surface area contributed by atoms with E-state index in [4.69, 9.17) is 20.4 Å². The normalized spacial score (nSPS) is 8.89. The van der Waals surface area contributed by atoms with Gasteiger partial charge in [0, 0.05) is 0 Å². The second-order valence-electron chi connectivity index (χ2n) is 3.14. The van der Waals surface area contributed by atoms with Gasteiger partial charge in [-0.15, -0.1) is 0 Å². The number of phenolic OH excluding ortho intramolecular Hbond substituents is 1. The Bertz CT molecular complexity index is 408. The fourth-order valence-corrected chi connectivity index (χ4v) is 0.818. The van der Waals surface area contributed by atoms with Crippen molar-refractivity contribution in [2.45, 2.75) is 12.8 Å². The van der Waals surface area contributed by atoms with Crippen LogP contribution in [0.5, 0.6) is 5.75 Å². The van der Waals surface area contributed by atoms with Gasteiger partial charge < -0.3 is 20.4 Å². The Morgan fingerprint density at radius 2 is 1.22 bits per heavy atom. The van der Waals surface area contributed by atoms with Crippen LogP contribution in [0.25, 0.3) is 0 Å². The van der Waals surface area contributed by atoms with Crippen molar-refractivity contribution in [3.8, 4) is 5.75 Å². The van der Waals surface area contributed by atoms with Crippen molar-refractivity contribution in [3.05, 3.63) is 29.8 Å². The van der Waals surface area contributed by atoms with Crippen LogP contribution in [0.2, 0.25) is 0 Å². The third-order valence-corrected chi connectivity index (χ3v) is 1.67. The lowest BCUT2D eigenvalue weighted by molar-refractivity contribution is -0.143. The molecule has 0 saturated heterocycles. The summed E-state index contributed by atoms with van der Waals surface area (Å²) in [6.45, 7) is 0. The summed E-state index contributed by atoms with van der Waals surface area (Å²) in [7, 11) is 0. The zero-order valence-electron chi connectivity index (χ0n) is 9.24. The maximum absolute atomic E-state index is 10.2. The van der Waals surface area contributed by atoms with Gasteiger partial charge in [-0.3, -0.25) is 9.59 Å². The quantitative estimate of drug-likeness (QED) is 0.632. The Morgan fingerprint density at radius 1 is 0.833 bits per heavy atom. The van der Waals surface area contributed by atoms with Crippen LogP contribution in [-0.2, 0) is 9.59 Å². The standard InChI is InChI=1S/C7H6O3.C4H6O4/c8-6-3-1-5(2-4-6)7(9)10;5-3(6)1-2-4(7)8/h1-4,8H,(H,9,10);1-2H2,(H,5,6)(H,7,8). The first-order valence-electron chi connectivity index (χ1n) is 4.79. The van der Waals surface area contributed by atoms with E-state index >= 15 is 0 Å². The predicted molar refractivity (Wildman–Crippen MR) is 59.6 cm³/mol. The van der Waals surface area contributed by atoms with Crippen molar-refractivity contribution in [1.29, 1.82) is 0 Å². The lowest BCUT2D eigenvalue weighted by Gasteiger charge is -1.92. The maximum Gasteiger partial charge on any atom is 0.335 e. The molecule has 18 heavy (non-hydrogen) atoms. The average molecular weight is 256 g/mol. The Morgan fingerprint density at radius 3 is 1.50 bits per heavy atom. The fourth-order valence-electron chi connectivity index (χ4n) is 0.818. The molecule has 0 aliphatic rings. The molecule has 0 radical (unpaired) electrons. The van der Waals surface area contributed by atoms with Crippen LogP contribution in [-0.4, -0.2) is 38.3 Å². The lowest BCUT2D eigenvalue weighted by Crippen LogP contribution is -2.00. The summed E-state index contributed by atoms with van der Waals surface area (Å²) in [4.78, 5) is 29.5. The molecule has 0 amide bonds. The first kappa shape index (κ1) is 15.4. The highest BCUT2D eigenvalue weighted by atomic mass is 16.4. The van der Waals surface area contributed by atoms with Crippen LogP contribution >= 0.6 is 0 Å². The number of rotatable bonds is 4. The van der Waals surface area contributed by atoms with Gasteiger partial charge in [0.1, 0.15) is 5.75 Å². The lowest BCUT2D eigenvalue weighted by atomic mass is 10.2. The van der Waals surface area contributed by atoms with Crippen molar-refractivity contribution in [1.82, 2.24) is 0 Å². The summed E-state index contributed by atoms with van der Waals surface area (Å²) < 4.78 is 0. The van der Waals surface area contributed by atoms with E-state index in [-0.39, 0.29) is 24.2 Å². The van der Waals surface area contributed by atoms with E-state index < -0.39 is 17.9 Å². The van der Waals surface area contributed by atoms with Crippen LogP contribution in [0.3, 0.4) is 0 Å². The molecule has 0 bridgehead atoms. The van der Waals surface area contributed by atoms with E-state index in [0.717, 1.165) is 0 Å². The number of benzene rings is 1. The summed E-state index contributed by atoms with van der Waals surface area (Å²) in [5, 5.41) is 32.9. The topological polar surface area (TPSA) is 132 Å². The minimum absolute atomic E-state index is 0.0741. The van der Waals surface area contributed by atoms with E-state index in [0.29, 0.717) is 0 Å². The summed E-state index contributed by atoms with van der Waals surface area (Å²) in [6, 6.07) is 5.36. The number of phenols is 1. The predicted octanol–water partition coefficient (Wildman–Crippen LogP) is 1.03. The van der Waals surface area contributed by atoms with Crippen molar-refractivity contribution < 1.29 is 34.8 Å². The van der Waals surface area contributed by atoms with Crippen molar-refractivity contribution in [3.63, 3.8) is 0 Å². The minimum Gasteiger partial charge on any atom is -0.508 e. The zero-order valence-corrected chi connectivity index (χ0v) is 9.24. The second kappa shape index (κ2) is 7.66. The molecule has 0 fully saturated rings. The smallest absolute Gasteiger partial charge is 0.335 e. The van der Waals surface area contributed by atoms with Gasteiger partial charge in [0.05, 0.1) is 18.4 Å². The number of aromatic hydroxyl groups is 1. The molecule has 7 heteroatoms. The van der Waals surface area contributed by atoms with E-state index in [1.54, 1.807) is 0 Å². The van der Waals surface area contributed by atoms with Crippen LogP contribution in [0.15, 0.2) is 24.3 Å². The van der Waals surface area contributed by atoms with E-state index in [9.17, 15) is 14.4 Å². The highest BCUT2D eigenvalue weighted by Crippen LogP contribution is 2.08. The van der Waals surface area contributed by atoms with Gasteiger partial charge in [-0.1, -0.05) is 0 Å². The first-order chi connectivity index (χ1) is 8.32. The molecule has 1 rings (SSSR count). The molecule has 0 atom stereocenters. The van der Waals surface area contributed by atoms with Crippen LogP contribution in [0, 0.1) is 0 Å². The van der Waals surface area contributed by atoms with E-state index in [1.807, 2.05) is 0 Å². The van der Waals surface area contributed by atoms with Gasteiger partial charge in [-0.2, -0.15) is 0 Å². The molecular formula is C11H12O7. The first-order valence-corrected chi connectivity index (χ1v) is 4.79. The Balaban J connectivity index is 0.000000331. The highest BCUT2D eigenvalue weighted by molar-refractivity contribution is 5.87. The van der Waals surface area contributed by atoms with E-state index in [2.05, 4.69) is 0 Å². The SMILES string of the molecule is O=C(O)CCC(=O)O.O=C(O)c1ccc(O)cc1. The third-order valence-electron chi connectivity index (χ3n) is 1.67. The molecule has 7 nitrogen and oxygen atoms in total. The summed E-state index contributed by atoms with van der Waals surface area (Å²) in [5.41, 5.74) is 0.179. The van der Waals surface area contributed by atoms with Gasteiger partial charge in [-0.25, -0.2) is 4.79 Å². The molecule has 0 saturated carbocycles. The van der Waals surface area contributed by atoms with Crippen LogP contribution < -0.4 is 0 Å². The van der Waals surface area contributed by atoms with Gasteiger partial charge in [-0.05, 0) is 24.3 Å². The fraction of sp³-hybridized carbons (Fsp3) is 0.182. The number of carboxylic acid groups (broad SMARTS) is 3. The number of hydrogen-bond acceptors (Lipinski definition) is 4. The molecule has 1 aromatic rings. The largest absolute Gasteiger partial charge is 0.508 e. The van der Waals surface area contributed by atoms with Gasteiger partial charge in [0.2, 0.25) is 0 Å². The molecule has 4 N–H and O–H groups in total. The second-order valence-corrected chi connectivity index (χ2v) is 3.14. The molecule has 98 valence electrons. The molecule has 0 aliphatic carbocycles. The molecule has 0 spiro atoms. The Labute approximate surface area is 102 Å². The van der Waals surface area contributed by atoms with Crippen LogP contribution in [0.1, 0.15) is 23.2 Å². The molecule has 0 aliphatic heterocycles. The number of hydrogen-bond donors (Lipinski definition) is 4. The Hall–Kier alpha value is -2.57. The molecular weight excluding hydrogens is 244 g/mol. The molecule has 1 aromatic carbocycles. The van der Waals surface area contributed by atoms with Gasteiger partial charge >= 0.3 is 17.9 Å².